The molecule has 208 valence electrons. The van der Waals surface area contributed by atoms with E-state index in [1.807, 2.05) is 13.0 Å². The van der Waals surface area contributed by atoms with Gasteiger partial charge in [-0.3, -0.25) is 0 Å². The second-order valence-electron chi connectivity index (χ2n) is 8.13. The van der Waals surface area contributed by atoms with Crippen molar-refractivity contribution in [1.82, 2.24) is 0 Å². The zero-order valence-electron chi connectivity index (χ0n) is 20.8. The minimum atomic E-state index is -0.792. The van der Waals surface area contributed by atoms with Crippen LogP contribution < -0.4 is 29.4 Å². The van der Waals surface area contributed by atoms with Gasteiger partial charge in [0.15, 0.2) is 23.9 Å². The van der Waals surface area contributed by atoms with Crippen LogP contribution in [0.4, 0.5) is 0 Å². The topological polar surface area (TPSA) is 113 Å². The number of hydrogen-bond donors (Lipinski definition) is 1. The minimum Gasteiger partial charge on any atom is -0.493 e. The highest BCUT2D eigenvalue weighted by molar-refractivity contribution is 6.55. The summed E-state index contributed by atoms with van der Waals surface area (Å²) in [5.74, 6) is -0.0847. The van der Waals surface area contributed by atoms with Crippen LogP contribution in [0.3, 0.4) is 0 Å². The number of ether oxygens (including phenoxy) is 5. The van der Waals surface area contributed by atoms with E-state index in [2.05, 4.69) is 6.07 Å². The molecule has 0 aliphatic carbocycles. The summed E-state index contributed by atoms with van der Waals surface area (Å²) in [6.45, 7) is 1.74. The van der Waals surface area contributed by atoms with Gasteiger partial charge in [-0.25, -0.2) is 4.79 Å². The fourth-order valence-electron chi connectivity index (χ4n) is 3.98. The summed E-state index contributed by atoms with van der Waals surface area (Å²) < 4.78 is 27.6. The number of esters is 1. The Kier molecular flexibility index (Phi) is 9.34. The molecule has 0 bridgehead atoms. The second-order valence-corrected chi connectivity index (χ2v) is 10.0. The molecule has 0 aromatic heterocycles. The number of hydrogen-bond acceptors (Lipinski definition) is 8. The lowest BCUT2D eigenvalue weighted by atomic mass is 9.83. The quantitative estimate of drug-likeness (QED) is 0.116. The predicted molar refractivity (Wildman–Crippen MR) is 153 cm³/mol. The van der Waals surface area contributed by atoms with E-state index in [9.17, 15) is 10.1 Å². The van der Waals surface area contributed by atoms with Gasteiger partial charge < -0.3 is 29.4 Å². The molecular formula is C27H19Cl5N2O6. The maximum atomic E-state index is 12.5. The molecule has 0 amide bonds. The molecule has 0 radical (unpaired) electrons. The van der Waals surface area contributed by atoms with Crippen LogP contribution in [-0.2, 0) is 4.79 Å². The number of nitrogens with zero attached hydrogens (tertiary/aromatic N) is 1. The number of halogens is 5. The Morgan fingerprint density at radius 2 is 1.65 bits per heavy atom. The molecule has 0 saturated carbocycles. The third-order valence-electron chi connectivity index (χ3n) is 5.75. The Morgan fingerprint density at radius 3 is 2.27 bits per heavy atom. The Balaban J connectivity index is 1.58. The molecule has 0 saturated heterocycles. The molecule has 0 fully saturated rings. The van der Waals surface area contributed by atoms with Gasteiger partial charge in [0.2, 0.25) is 5.88 Å². The standard InChI is InChI=1S/C27H19Cl5N2O6/c1-3-37-16-7-4-12(8-18(16)36-2)20-14-6-5-13(9-17(14)40-27(34)15(20)10-33)39-19(35)11-38-26-24(31)22(29)21(28)23(30)25(26)32/h4-9,20H,3,11,34H2,1-2H3. The fraction of sp³-hybridized carbons (Fsp3) is 0.185. The van der Waals surface area contributed by atoms with Gasteiger partial charge in [0.25, 0.3) is 0 Å². The van der Waals surface area contributed by atoms with E-state index < -0.39 is 18.5 Å². The maximum Gasteiger partial charge on any atom is 0.349 e. The summed E-state index contributed by atoms with van der Waals surface area (Å²) in [4.78, 5) is 12.5. The molecule has 3 aromatic rings. The number of methoxy groups -OCH3 is 1. The lowest BCUT2D eigenvalue weighted by molar-refractivity contribution is -0.136. The van der Waals surface area contributed by atoms with Crippen molar-refractivity contribution in [3.63, 3.8) is 0 Å². The van der Waals surface area contributed by atoms with Crippen LogP contribution in [0.5, 0.6) is 28.7 Å². The van der Waals surface area contributed by atoms with Crippen molar-refractivity contribution < 1.29 is 28.5 Å². The molecule has 1 atom stereocenters. The molecule has 40 heavy (non-hydrogen) atoms. The van der Waals surface area contributed by atoms with Crippen LogP contribution in [0, 0.1) is 11.3 Å². The molecule has 4 rings (SSSR count). The largest absolute Gasteiger partial charge is 0.493 e. The number of nitrogens with two attached hydrogens (primary N) is 1. The maximum absolute atomic E-state index is 12.5. The van der Waals surface area contributed by atoms with Gasteiger partial charge >= 0.3 is 5.97 Å². The van der Waals surface area contributed by atoms with Crippen LogP contribution in [0.15, 0.2) is 47.9 Å². The first kappa shape index (κ1) is 29.8. The highest BCUT2D eigenvalue weighted by Crippen LogP contribution is 2.48. The third-order valence-corrected chi connectivity index (χ3v) is 7.99. The van der Waals surface area contributed by atoms with Crippen molar-refractivity contribution >= 4 is 64.0 Å². The van der Waals surface area contributed by atoms with Gasteiger partial charge in [0.05, 0.1) is 34.7 Å². The SMILES string of the molecule is CCOc1ccc(C2C(C#N)=C(N)Oc3cc(OC(=O)COc4c(Cl)c(Cl)c(Cl)c(Cl)c4Cl)ccc32)cc1OC. The van der Waals surface area contributed by atoms with Crippen molar-refractivity contribution in [3.05, 3.63) is 84.1 Å². The fourth-order valence-corrected chi connectivity index (χ4v) is 5.21. The summed E-state index contributed by atoms with van der Waals surface area (Å²) in [6, 6.07) is 12.2. The average Bonchev–Trinajstić information content (AvgIpc) is 2.94. The van der Waals surface area contributed by atoms with Gasteiger partial charge in [-0.15, -0.1) is 0 Å². The van der Waals surface area contributed by atoms with Crippen LogP contribution in [0.1, 0.15) is 24.0 Å². The first-order valence-corrected chi connectivity index (χ1v) is 13.4. The van der Waals surface area contributed by atoms with E-state index in [-0.39, 0.29) is 48.1 Å². The van der Waals surface area contributed by atoms with Crippen molar-refractivity contribution in [2.75, 3.05) is 20.3 Å². The molecule has 13 heteroatoms. The van der Waals surface area contributed by atoms with Crippen LogP contribution in [-0.4, -0.2) is 26.3 Å². The Bertz CT molecular complexity index is 1540. The number of carbonyl (C=O) groups is 1. The molecular weight excluding hydrogens is 626 g/mol. The van der Waals surface area contributed by atoms with Crippen LogP contribution >= 0.6 is 58.0 Å². The van der Waals surface area contributed by atoms with Crippen molar-refractivity contribution in [2.45, 2.75) is 12.8 Å². The number of fused-ring (bicyclic) bond motifs is 1. The average molecular weight is 645 g/mol. The summed E-state index contributed by atoms with van der Waals surface area (Å²) in [5.41, 5.74) is 7.66. The lowest BCUT2D eigenvalue weighted by Crippen LogP contribution is -2.22. The monoisotopic (exact) mass is 642 g/mol. The van der Waals surface area contributed by atoms with Gasteiger partial charge in [0, 0.05) is 11.6 Å². The number of carbonyl (C=O) groups excluding carboxylic acids is 1. The Hall–Kier alpha value is -3.19. The van der Waals surface area contributed by atoms with E-state index in [1.165, 1.54) is 13.2 Å². The predicted octanol–water partition coefficient (Wildman–Crippen LogP) is 7.56. The first-order chi connectivity index (χ1) is 19.1. The van der Waals surface area contributed by atoms with Gasteiger partial charge in [-0.05, 0) is 30.7 Å². The summed E-state index contributed by atoms with van der Waals surface area (Å²) >= 11 is 30.3. The number of allylic oxidation sites excluding steroid dienone is 1. The molecule has 1 unspecified atom stereocenters. The van der Waals surface area contributed by atoms with Crippen LogP contribution in [0.25, 0.3) is 0 Å². The van der Waals surface area contributed by atoms with E-state index >= 15 is 0 Å². The Labute approximate surface area is 254 Å². The van der Waals surface area contributed by atoms with E-state index in [0.717, 1.165) is 5.56 Å². The molecule has 3 aromatic carbocycles. The van der Waals surface area contributed by atoms with Crippen LogP contribution in [0.2, 0.25) is 25.1 Å². The molecule has 1 aliphatic rings. The smallest absolute Gasteiger partial charge is 0.349 e. The number of benzene rings is 3. The lowest BCUT2D eigenvalue weighted by Gasteiger charge is -2.27. The van der Waals surface area contributed by atoms with Gasteiger partial charge in [-0.2, -0.15) is 5.26 Å². The number of nitriles is 1. The van der Waals surface area contributed by atoms with E-state index in [4.69, 9.17) is 87.4 Å². The van der Waals surface area contributed by atoms with Gasteiger partial charge in [0.1, 0.15) is 33.2 Å². The van der Waals surface area contributed by atoms with E-state index in [1.54, 1.807) is 24.3 Å². The minimum absolute atomic E-state index is 0.0443. The molecule has 8 nitrogen and oxygen atoms in total. The zero-order valence-corrected chi connectivity index (χ0v) is 24.6. The molecule has 0 spiro atoms. The summed E-state index contributed by atoms with van der Waals surface area (Å²) in [5, 5.41) is 9.44. The van der Waals surface area contributed by atoms with Gasteiger partial charge in [-0.1, -0.05) is 70.1 Å². The zero-order chi connectivity index (χ0) is 29.1. The highest BCUT2D eigenvalue weighted by Gasteiger charge is 2.32. The van der Waals surface area contributed by atoms with Crippen molar-refractivity contribution in [2.24, 2.45) is 5.73 Å². The molecule has 2 N–H and O–H groups in total. The second kappa shape index (κ2) is 12.5. The first-order valence-electron chi connectivity index (χ1n) is 11.5. The molecule has 1 aliphatic heterocycles. The summed E-state index contributed by atoms with van der Waals surface area (Å²) in [7, 11) is 1.53. The highest BCUT2D eigenvalue weighted by atomic mass is 35.5. The normalized spacial score (nSPS) is 14.1. The Morgan fingerprint density at radius 1 is 0.975 bits per heavy atom. The summed E-state index contributed by atoms with van der Waals surface area (Å²) in [6.07, 6.45) is 0. The number of rotatable bonds is 8. The van der Waals surface area contributed by atoms with Crippen molar-refractivity contribution in [3.8, 4) is 34.8 Å². The molecule has 1 heterocycles. The van der Waals surface area contributed by atoms with E-state index in [0.29, 0.717) is 29.4 Å². The third kappa shape index (κ3) is 5.80. The van der Waals surface area contributed by atoms with Crippen molar-refractivity contribution in [1.29, 1.82) is 5.26 Å².